The maximum Gasteiger partial charge on any atom is 0.407 e. The molecule has 0 atom stereocenters. The number of hydrogen-bond donors (Lipinski definition) is 1. The number of imidazole rings is 1. The molecule has 0 radical (unpaired) electrons. The molecule has 0 aliphatic carbocycles. The van der Waals surface area contributed by atoms with Gasteiger partial charge in [0.15, 0.2) is 0 Å². The lowest BCUT2D eigenvalue weighted by Crippen LogP contribution is -2.37. The van der Waals surface area contributed by atoms with Crippen molar-refractivity contribution in [2.24, 2.45) is 0 Å². The second kappa shape index (κ2) is 8.61. The molecular formula is C20H32N4O3. The van der Waals surface area contributed by atoms with E-state index < -0.39 is 6.09 Å². The van der Waals surface area contributed by atoms with Crippen molar-refractivity contribution < 1.29 is 14.6 Å². The smallest absolute Gasteiger partial charge is 0.407 e. The van der Waals surface area contributed by atoms with Gasteiger partial charge in [0.1, 0.15) is 5.82 Å². The minimum Gasteiger partial charge on any atom is -0.465 e. The molecule has 7 nitrogen and oxygen atoms in total. The summed E-state index contributed by atoms with van der Waals surface area (Å²) in [5.74, 6) is 2.05. The standard InChI is InChI=1S/C20H32N4O3/c25-20(26)23-9-3-17(4-10-23)19-21-18(16-5-13-27-14-6-16)15-24(19)12-11-22-7-1-2-8-22/h15-17H,1-14H2,(H,25,26). The van der Waals surface area contributed by atoms with Crippen molar-refractivity contribution in [1.29, 1.82) is 0 Å². The molecule has 0 unspecified atom stereocenters. The fourth-order valence-electron chi connectivity index (χ4n) is 4.73. The molecule has 1 amide bonds. The highest BCUT2D eigenvalue weighted by Gasteiger charge is 2.28. The monoisotopic (exact) mass is 376 g/mol. The van der Waals surface area contributed by atoms with Crippen molar-refractivity contribution >= 4 is 6.09 Å². The number of amides is 1. The number of piperidine rings is 1. The van der Waals surface area contributed by atoms with E-state index in [1.807, 2.05) is 0 Å². The topological polar surface area (TPSA) is 70.8 Å². The first-order valence-electron chi connectivity index (χ1n) is 10.6. The molecule has 3 aliphatic heterocycles. The highest BCUT2D eigenvalue weighted by atomic mass is 16.5. The van der Waals surface area contributed by atoms with Crippen LogP contribution in [0, 0.1) is 0 Å². The summed E-state index contributed by atoms with van der Waals surface area (Å²) in [6.07, 6.45) is 7.98. The molecule has 0 saturated carbocycles. The van der Waals surface area contributed by atoms with Crippen LogP contribution in [0.3, 0.4) is 0 Å². The zero-order chi connectivity index (χ0) is 18.6. The fraction of sp³-hybridized carbons (Fsp3) is 0.800. The minimum atomic E-state index is -0.797. The number of aromatic nitrogens is 2. The van der Waals surface area contributed by atoms with Gasteiger partial charge in [-0.1, -0.05) is 0 Å². The van der Waals surface area contributed by atoms with E-state index in [2.05, 4.69) is 15.7 Å². The van der Waals surface area contributed by atoms with E-state index in [0.29, 0.717) is 24.9 Å². The SMILES string of the molecule is O=C(O)N1CCC(c2nc(C3CCOCC3)cn2CCN2CCCC2)CC1. The van der Waals surface area contributed by atoms with Crippen LogP contribution in [0.1, 0.15) is 61.9 Å². The van der Waals surface area contributed by atoms with Gasteiger partial charge in [-0.3, -0.25) is 0 Å². The summed E-state index contributed by atoms with van der Waals surface area (Å²) in [5, 5.41) is 9.22. The normalized spacial score (nSPS) is 23.2. The second-order valence-corrected chi connectivity index (χ2v) is 8.20. The van der Waals surface area contributed by atoms with Crippen LogP contribution < -0.4 is 0 Å². The second-order valence-electron chi connectivity index (χ2n) is 8.20. The van der Waals surface area contributed by atoms with Crippen LogP contribution in [0.25, 0.3) is 0 Å². The first-order valence-corrected chi connectivity index (χ1v) is 10.6. The molecular weight excluding hydrogens is 344 g/mol. The van der Waals surface area contributed by atoms with Crippen molar-refractivity contribution in [2.75, 3.05) is 45.9 Å². The van der Waals surface area contributed by atoms with E-state index in [9.17, 15) is 9.90 Å². The molecule has 0 bridgehead atoms. The van der Waals surface area contributed by atoms with Gasteiger partial charge < -0.3 is 24.2 Å². The Morgan fingerprint density at radius 3 is 2.41 bits per heavy atom. The Morgan fingerprint density at radius 1 is 1.04 bits per heavy atom. The Hall–Kier alpha value is -1.60. The van der Waals surface area contributed by atoms with Crippen LogP contribution in [-0.4, -0.2) is 76.5 Å². The summed E-state index contributed by atoms with van der Waals surface area (Å²) in [7, 11) is 0. The van der Waals surface area contributed by atoms with E-state index >= 15 is 0 Å². The number of carbonyl (C=O) groups is 1. The minimum absolute atomic E-state index is 0.368. The largest absolute Gasteiger partial charge is 0.465 e. The van der Waals surface area contributed by atoms with Crippen LogP contribution in [0.5, 0.6) is 0 Å². The molecule has 1 aromatic rings. The predicted molar refractivity (Wildman–Crippen MR) is 102 cm³/mol. The molecule has 27 heavy (non-hydrogen) atoms. The number of ether oxygens (including phenoxy) is 1. The van der Waals surface area contributed by atoms with Gasteiger partial charge in [0.2, 0.25) is 0 Å². The molecule has 3 aliphatic rings. The number of carboxylic acid groups (broad SMARTS) is 1. The summed E-state index contributed by atoms with van der Waals surface area (Å²) >= 11 is 0. The van der Waals surface area contributed by atoms with Crippen molar-refractivity contribution in [1.82, 2.24) is 19.4 Å². The Morgan fingerprint density at radius 2 is 1.74 bits per heavy atom. The van der Waals surface area contributed by atoms with Crippen LogP contribution in [-0.2, 0) is 11.3 Å². The lowest BCUT2D eigenvalue weighted by molar-refractivity contribution is 0.0845. The third-order valence-corrected chi connectivity index (χ3v) is 6.45. The molecule has 4 heterocycles. The van der Waals surface area contributed by atoms with Crippen LogP contribution in [0.15, 0.2) is 6.20 Å². The molecule has 0 spiro atoms. The summed E-state index contributed by atoms with van der Waals surface area (Å²) in [6.45, 7) is 7.41. The first-order chi connectivity index (χ1) is 13.2. The molecule has 7 heteroatoms. The summed E-state index contributed by atoms with van der Waals surface area (Å²) in [4.78, 5) is 20.4. The van der Waals surface area contributed by atoms with Crippen molar-refractivity contribution in [2.45, 2.75) is 56.9 Å². The predicted octanol–water partition coefficient (Wildman–Crippen LogP) is 2.73. The van der Waals surface area contributed by atoms with E-state index in [1.54, 1.807) is 0 Å². The zero-order valence-corrected chi connectivity index (χ0v) is 16.2. The Bertz CT molecular complexity index is 627. The van der Waals surface area contributed by atoms with Crippen molar-refractivity contribution in [3.63, 3.8) is 0 Å². The van der Waals surface area contributed by atoms with Gasteiger partial charge in [-0.15, -0.1) is 0 Å². The van der Waals surface area contributed by atoms with E-state index in [0.717, 1.165) is 52.0 Å². The molecule has 3 fully saturated rings. The van der Waals surface area contributed by atoms with Gasteiger partial charge in [0.25, 0.3) is 0 Å². The molecule has 150 valence electrons. The number of hydrogen-bond acceptors (Lipinski definition) is 4. The maximum absolute atomic E-state index is 11.2. The molecule has 1 aromatic heterocycles. The summed E-state index contributed by atoms with van der Waals surface area (Å²) in [5.41, 5.74) is 1.22. The van der Waals surface area contributed by atoms with Gasteiger partial charge in [-0.05, 0) is 51.6 Å². The van der Waals surface area contributed by atoms with Crippen molar-refractivity contribution in [3.8, 4) is 0 Å². The van der Waals surface area contributed by atoms with Gasteiger partial charge in [0.05, 0.1) is 5.69 Å². The Kier molecular flexibility index (Phi) is 5.98. The van der Waals surface area contributed by atoms with Crippen molar-refractivity contribution in [3.05, 3.63) is 17.7 Å². The highest BCUT2D eigenvalue weighted by Crippen LogP contribution is 2.32. The maximum atomic E-state index is 11.2. The van der Waals surface area contributed by atoms with E-state index in [-0.39, 0.29) is 0 Å². The van der Waals surface area contributed by atoms with Crippen LogP contribution in [0.4, 0.5) is 4.79 Å². The number of rotatable bonds is 5. The highest BCUT2D eigenvalue weighted by molar-refractivity contribution is 5.65. The molecule has 1 N–H and O–H groups in total. The number of likely N-dealkylation sites (tertiary alicyclic amines) is 2. The first kappa shape index (κ1) is 18.7. The lowest BCUT2D eigenvalue weighted by atomic mass is 9.95. The van der Waals surface area contributed by atoms with Crippen LogP contribution >= 0.6 is 0 Å². The van der Waals surface area contributed by atoms with E-state index in [1.165, 1.54) is 42.3 Å². The number of nitrogens with zero attached hydrogens (tertiary/aromatic N) is 4. The Labute approximate surface area is 161 Å². The Balaban J connectivity index is 1.48. The van der Waals surface area contributed by atoms with Gasteiger partial charge in [0, 0.05) is 57.4 Å². The molecule has 4 rings (SSSR count). The molecule has 0 aromatic carbocycles. The fourth-order valence-corrected chi connectivity index (χ4v) is 4.73. The van der Waals surface area contributed by atoms with Gasteiger partial charge in [-0.25, -0.2) is 9.78 Å². The van der Waals surface area contributed by atoms with Gasteiger partial charge >= 0.3 is 6.09 Å². The third-order valence-electron chi connectivity index (χ3n) is 6.45. The summed E-state index contributed by atoms with van der Waals surface area (Å²) < 4.78 is 7.90. The third kappa shape index (κ3) is 4.46. The van der Waals surface area contributed by atoms with Crippen LogP contribution in [0.2, 0.25) is 0 Å². The lowest BCUT2D eigenvalue weighted by Gasteiger charge is -2.30. The average Bonchev–Trinajstić information content (AvgIpc) is 3.37. The average molecular weight is 377 g/mol. The summed E-state index contributed by atoms with van der Waals surface area (Å²) in [6, 6.07) is 0. The molecule has 3 saturated heterocycles. The van der Waals surface area contributed by atoms with E-state index in [4.69, 9.17) is 9.72 Å². The zero-order valence-electron chi connectivity index (χ0n) is 16.2. The quantitative estimate of drug-likeness (QED) is 0.856. The van der Waals surface area contributed by atoms with Gasteiger partial charge in [-0.2, -0.15) is 0 Å².